The Labute approximate surface area is 188 Å². The third kappa shape index (κ3) is 5.18. The molecule has 32 heavy (non-hydrogen) atoms. The fourth-order valence-electron chi connectivity index (χ4n) is 3.80. The van der Waals surface area contributed by atoms with Gasteiger partial charge in [0.2, 0.25) is 10.0 Å². The summed E-state index contributed by atoms with van der Waals surface area (Å²) < 4.78 is 37.8. The fourth-order valence-corrected chi connectivity index (χ4v) is 5.62. The van der Waals surface area contributed by atoms with Crippen LogP contribution < -0.4 is 5.32 Å². The minimum Gasteiger partial charge on any atom is -0.452 e. The Hall–Kier alpha value is -2.72. The highest BCUT2D eigenvalue weighted by Crippen LogP contribution is 2.28. The van der Waals surface area contributed by atoms with Crippen LogP contribution in [0.5, 0.6) is 0 Å². The number of hydrogen-bond acceptors (Lipinski definition) is 7. The van der Waals surface area contributed by atoms with Crippen molar-refractivity contribution in [2.24, 2.45) is 5.92 Å². The second kappa shape index (κ2) is 9.83. The van der Waals surface area contributed by atoms with Gasteiger partial charge in [-0.1, -0.05) is 35.5 Å². The maximum atomic E-state index is 13.1. The van der Waals surface area contributed by atoms with Crippen molar-refractivity contribution >= 4 is 21.9 Å². The van der Waals surface area contributed by atoms with E-state index in [1.807, 2.05) is 37.3 Å². The van der Waals surface area contributed by atoms with E-state index in [1.54, 1.807) is 13.8 Å². The number of nitrogens with one attached hydrogen (secondary N) is 1. The lowest BCUT2D eigenvalue weighted by molar-refractivity contribution is -0.160. The standard InChI is InChI=1S/C22H29N3O6S/c1-14(18-9-6-5-7-10-18)23-21(26)17(4)30-22(27)19-11-8-12-25(13-19)32(28,29)20-15(2)24-31-16(20)3/h5-7,9-10,14,17,19H,8,11-13H2,1-4H3,(H,23,26). The molecule has 2 heterocycles. The molecular formula is C22H29N3O6S. The summed E-state index contributed by atoms with van der Waals surface area (Å²) in [6, 6.07) is 9.21. The molecule has 0 aliphatic carbocycles. The molecule has 0 saturated carbocycles. The maximum absolute atomic E-state index is 13.1. The summed E-state index contributed by atoms with van der Waals surface area (Å²) in [5.74, 6) is -1.43. The Morgan fingerprint density at radius 1 is 1.22 bits per heavy atom. The average molecular weight is 464 g/mol. The first-order valence-electron chi connectivity index (χ1n) is 10.6. The van der Waals surface area contributed by atoms with Crippen LogP contribution in [-0.2, 0) is 24.3 Å². The van der Waals surface area contributed by atoms with Gasteiger partial charge in [0.1, 0.15) is 10.6 Å². The van der Waals surface area contributed by atoms with Crippen LogP contribution >= 0.6 is 0 Å². The molecular weight excluding hydrogens is 434 g/mol. The highest BCUT2D eigenvalue weighted by Gasteiger charge is 2.37. The zero-order valence-corrected chi connectivity index (χ0v) is 19.5. The second-order valence-electron chi connectivity index (χ2n) is 8.08. The molecule has 3 rings (SSSR count). The highest BCUT2D eigenvalue weighted by atomic mass is 32.2. The Kier molecular flexibility index (Phi) is 7.35. The Morgan fingerprint density at radius 2 is 1.91 bits per heavy atom. The van der Waals surface area contributed by atoms with Crippen LogP contribution in [0.3, 0.4) is 0 Å². The summed E-state index contributed by atoms with van der Waals surface area (Å²) in [4.78, 5) is 25.2. The van der Waals surface area contributed by atoms with Crippen LogP contribution in [0.4, 0.5) is 0 Å². The van der Waals surface area contributed by atoms with E-state index in [4.69, 9.17) is 9.26 Å². The molecule has 0 radical (unpaired) electrons. The van der Waals surface area contributed by atoms with Gasteiger partial charge >= 0.3 is 5.97 Å². The lowest BCUT2D eigenvalue weighted by atomic mass is 10.00. The number of aryl methyl sites for hydroxylation is 2. The number of benzene rings is 1. The summed E-state index contributed by atoms with van der Waals surface area (Å²) in [5, 5.41) is 6.55. The largest absolute Gasteiger partial charge is 0.452 e. The monoisotopic (exact) mass is 463 g/mol. The van der Waals surface area contributed by atoms with Crippen molar-refractivity contribution < 1.29 is 27.3 Å². The number of rotatable bonds is 7. The van der Waals surface area contributed by atoms with E-state index >= 15 is 0 Å². The number of piperidine rings is 1. The molecule has 2 aromatic rings. The molecule has 3 atom stereocenters. The van der Waals surface area contributed by atoms with E-state index in [2.05, 4.69) is 10.5 Å². The van der Waals surface area contributed by atoms with Crippen molar-refractivity contribution in [3.63, 3.8) is 0 Å². The van der Waals surface area contributed by atoms with E-state index in [1.165, 1.54) is 11.2 Å². The molecule has 0 spiro atoms. The van der Waals surface area contributed by atoms with E-state index < -0.39 is 33.9 Å². The number of carbonyl (C=O) groups excluding carboxylic acids is 2. The topological polar surface area (TPSA) is 119 Å². The Balaban J connectivity index is 1.60. The Morgan fingerprint density at radius 3 is 2.53 bits per heavy atom. The number of esters is 1. The average Bonchev–Trinajstić information content (AvgIpc) is 3.12. The number of ether oxygens (including phenoxy) is 1. The molecule has 1 N–H and O–H groups in total. The summed E-state index contributed by atoms with van der Waals surface area (Å²) in [7, 11) is -3.85. The number of nitrogens with zero attached hydrogens (tertiary/aromatic N) is 2. The van der Waals surface area contributed by atoms with Gasteiger partial charge in [-0.15, -0.1) is 0 Å². The quantitative estimate of drug-likeness (QED) is 0.627. The summed E-state index contributed by atoms with van der Waals surface area (Å²) in [6.45, 7) is 6.74. The summed E-state index contributed by atoms with van der Waals surface area (Å²) >= 11 is 0. The normalized spacial score (nSPS) is 19.2. The van der Waals surface area contributed by atoms with Crippen LogP contribution in [0, 0.1) is 19.8 Å². The van der Waals surface area contributed by atoms with Gasteiger partial charge in [-0.2, -0.15) is 4.31 Å². The maximum Gasteiger partial charge on any atom is 0.311 e. The van der Waals surface area contributed by atoms with Crippen LogP contribution in [-0.4, -0.2) is 48.9 Å². The van der Waals surface area contributed by atoms with E-state index in [0.29, 0.717) is 19.4 Å². The van der Waals surface area contributed by atoms with Gasteiger partial charge in [0, 0.05) is 13.1 Å². The second-order valence-corrected chi connectivity index (χ2v) is 9.95. The third-order valence-electron chi connectivity index (χ3n) is 5.60. The molecule has 1 aromatic heterocycles. The summed E-state index contributed by atoms with van der Waals surface area (Å²) in [6.07, 6.45) is -0.00179. The minimum absolute atomic E-state index is 0.0139. The molecule has 1 saturated heterocycles. The molecule has 1 aliphatic rings. The van der Waals surface area contributed by atoms with Gasteiger partial charge in [0.25, 0.3) is 5.91 Å². The summed E-state index contributed by atoms with van der Waals surface area (Å²) in [5.41, 5.74) is 1.22. The van der Waals surface area contributed by atoms with Crippen LogP contribution in [0.15, 0.2) is 39.8 Å². The van der Waals surface area contributed by atoms with E-state index in [-0.39, 0.29) is 28.9 Å². The van der Waals surface area contributed by atoms with Gasteiger partial charge in [-0.25, -0.2) is 8.42 Å². The van der Waals surface area contributed by atoms with Crippen molar-refractivity contribution in [2.75, 3.05) is 13.1 Å². The van der Waals surface area contributed by atoms with Gasteiger partial charge < -0.3 is 14.6 Å². The van der Waals surface area contributed by atoms with Crippen LogP contribution in [0.2, 0.25) is 0 Å². The van der Waals surface area contributed by atoms with Gasteiger partial charge in [-0.05, 0) is 46.1 Å². The van der Waals surface area contributed by atoms with Crippen molar-refractivity contribution in [1.82, 2.24) is 14.8 Å². The lowest BCUT2D eigenvalue weighted by Gasteiger charge is -2.31. The zero-order valence-electron chi connectivity index (χ0n) is 18.7. The molecule has 174 valence electrons. The third-order valence-corrected chi connectivity index (χ3v) is 7.71. The van der Waals surface area contributed by atoms with Crippen molar-refractivity contribution in [2.45, 2.75) is 57.6 Å². The SMILES string of the molecule is Cc1noc(C)c1S(=O)(=O)N1CCCC(C(=O)OC(C)C(=O)NC(C)c2ccccc2)C1. The van der Waals surface area contributed by atoms with Gasteiger partial charge in [0.15, 0.2) is 11.9 Å². The first kappa shape index (κ1) is 23.9. The number of aromatic nitrogens is 1. The molecule has 1 fully saturated rings. The van der Waals surface area contributed by atoms with Crippen molar-refractivity contribution in [1.29, 1.82) is 0 Å². The predicted molar refractivity (Wildman–Crippen MR) is 116 cm³/mol. The van der Waals surface area contributed by atoms with Gasteiger partial charge in [-0.3, -0.25) is 9.59 Å². The minimum atomic E-state index is -3.85. The van der Waals surface area contributed by atoms with Crippen LogP contribution in [0.1, 0.15) is 49.7 Å². The first-order valence-corrected chi connectivity index (χ1v) is 12.0. The number of carbonyl (C=O) groups is 2. The van der Waals surface area contributed by atoms with Crippen molar-refractivity contribution in [3.05, 3.63) is 47.3 Å². The number of hydrogen-bond donors (Lipinski definition) is 1. The molecule has 1 aliphatic heterocycles. The number of sulfonamides is 1. The lowest BCUT2D eigenvalue weighted by Crippen LogP contribution is -2.44. The predicted octanol–water partition coefficient (Wildman–Crippen LogP) is 2.50. The van der Waals surface area contributed by atoms with Crippen molar-refractivity contribution in [3.8, 4) is 0 Å². The fraction of sp³-hybridized carbons (Fsp3) is 0.500. The number of amides is 1. The van der Waals surface area contributed by atoms with E-state index in [0.717, 1.165) is 5.56 Å². The Bertz CT molecular complexity index is 1050. The molecule has 10 heteroatoms. The molecule has 1 aromatic carbocycles. The first-order chi connectivity index (χ1) is 15.1. The van der Waals surface area contributed by atoms with Gasteiger partial charge in [0.05, 0.1) is 12.0 Å². The zero-order chi connectivity index (χ0) is 23.5. The molecule has 1 amide bonds. The smallest absolute Gasteiger partial charge is 0.311 e. The highest BCUT2D eigenvalue weighted by molar-refractivity contribution is 7.89. The molecule has 0 bridgehead atoms. The van der Waals surface area contributed by atoms with E-state index in [9.17, 15) is 18.0 Å². The molecule has 9 nitrogen and oxygen atoms in total. The van der Waals surface area contributed by atoms with Crippen LogP contribution in [0.25, 0.3) is 0 Å². The molecule has 3 unspecified atom stereocenters.